The first-order valence-electron chi connectivity index (χ1n) is 6.37. The molecule has 0 bridgehead atoms. The lowest BCUT2D eigenvalue weighted by atomic mass is 9.96. The van der Waals surface area contributed by atoms with E-state index in [9.17, 15) is 4.79 Å². The molecule has 1 aliphatic heterocycles. The monoisotopic (exact) mass is 302 g/mol. The molecule has 0 aliphatic carbocycles. The van der Waals surface area contributed by atoms with E-state index in [-0.39, 0.29) is 18.3 Å². The Morgan fingerprint density at radius 1 is 1.42 bits per heavy atom. The lowest BCUT2D eigenvalue weighted by Gasteiger charge is -2.31. The highest BCUT2D eigenvalue weighted by Crippen LogP contribution is 2.21. The van der Waals surface area contributed by atoms with Gasteiger partial charge in [0.1, 0.15) is 0 Å². The minimum Gasteiger partial charge on any atom is -0.339 e. The van der Waals surface area contributed by atoms with Crippen LogP contribution in [-0.2, 0) is 0 Å². The molecule has 2 N–H and O–H groups in total. The number of piperidine rings is 1. The van der Waals surface area contributed by atoms with Crippen LogP contribution in [0.5, 0.6) is 0 Å². The predicted octanol–water partition coefficient (Wildman–Crippen LogP) is 2.88. The second kappa shape index (κ2) is 7.13. The SMILES string of the molecule is Cc1cc(C(=O)N2CCC(CN)CC2)ccc1Cl.Cl. The van der Waals surface area contributed by atoms with Crippen molar-refractivity contribution < 1.29 is 4.79 Å². The molecular weight excluding hydrogens is 283 g/mol. The maximum absolute atomic E-state index is 12.3. The zero-order valence-electron chi connectivity index (χ0n) is 11.1. The Labute approximate surface area is 125 Å². The standard InChI is InChI=1S/C14H19ClN2O.ClH/c1-10-8-12(2-3-13(10)15)14(18)17-6-4-11(9-16)5-7-17;/h2-3,8,11H,4-7,9,16H2,1H3;1H. The predicted molar refractivity (Wildman–Crippen MR) is 81.1 cm³/mol. The molecule has 0 atom stereocenters. The maximum Gasteiger partial charge on any atom is 0.253 e. The van der Waals surface area contributed by atoms with Crippen molar-refractivity contribution in [3.8, 4) is 0 Å². The van der Waals surface area contributed by atoms with Gasteiger partial charge in [-0.2, -0.15) is 0 Å². The summed E-state index contributed by atoms with van der Waals surface area (Å²) in [6.07, 6.45) is 2.02. The Hall–Kier alpha value is -0.770. The first-order chi connectivity index (χ1) is 8.61. The van der Waals surface area contributed by atoms with Gasteiger partial charge in [-0.25, -0.2) is 0 Å². The minimum atomic E-state index is 0. The van der Waals surface area contributed by atoms with E-state index < -0.39 is 0 Å². The zero-order chi connectivity index (χ0) is 13.1. The van der Waals surface area contributed by atoms with E-state index in [0.717, 1.165) is 43.6 Å². The van der Waals surface area contributed by atoms with Crippen LogP contribution in [0.2, 0.25) is 5.02 Å². The number of amides is 1. The van der Waals surface area contributed by atoms with Crippen molar-refractivity contribution in [2.45, 2.75) is 19.8 Å². The molecule has 0 aromatic heterocycles. The number of likely N-dealkylation sites (tertiary alicyclic amines) is 1. The second-order valence-electron chi connectivity index (χ2n) is 4.94. The van der Waals surface area contributed by atoms with Gasteiger partial charge in [-0.1, -0.05) is 11.6 Å². The molecule has 1 saturated heterocycles. The molecule has 0 unspecified atom stereocenters. The first-order valence-corrected chi connectivity index (χ1v) is 6.75. The number of nitrogens with two attached hydrogens (primary N) is 1. The lowest BCUT2D eigenvalue weighted by Crippen LogP contribution is -2.40. The fourth-order valence-corrected chi connectivity index (χ4v) is 2.45. The Morgan fingerprint density at radius 2 is 2.05 bits per heavy atom. The van der Waals surface area contributed by atoms with Gasteiger partial charge in [0.05, 0.1) is 0 Å². The number of hydrogen-bond acceptors (Lipinski definition) is 2. The molecule has 19 heavy (non-hydrogen) atoms. The lowest BCUT2D eigenvalue weighted by molar-refractivity contribution is 0.0693. The Kier molecular flexibility index (Phi) is 6.11. The molecule has 3 nitrogen and oxygen atoms in total. The van der Waals surface area contributed by atoms with Gasteiger partial charge in [-0.15, -0.1) is 12.4 Å². The smallest absolute Gasteiger partial charge is 0.253 e. The van der Waals surface area contributed by atoms with Gasteiger partial charge in [0.15, 0.2) is 0 Å². The summed E-state index contributed by atoms with van der Waals surface area (Å²) in [6, 6.07) is 5.45. The largest absolute Gasteiger partial charge is 0.339 e. The van der Waals surface area contributed by atoms with Crippen molar-refractivity contribution in [2.24, 2.45) is 11.7 Å². The zero-order valence-corrected chi connectivity index (χ0v) is 12.6. The number of carbonyl (C=O) groups excluding carboxylic acids is 1. The quantitative estimate of drug-likeness (QED) is 0.913. The van der Waals surface area contributed by atoms with E-state index in [1.165, 1.54) is 0 Å². The van der Waals surface area contributed by atoms with E-state index in [4.69, 9.17) is 17.3 Å². The molecule has 1 fully saturated rings. The molecule has 2 rings (SSSR count). The third kappa shape index (κ3) is 3.85. The number of nitrogens with zero attached hydrogens (tertiary/aromatic N) is 1. The maximum atomic E-state index is 12.3. The summed E-state index contributed by atoms with van der Waals surface area (Å²) in [5.41, 5.74) is 7.32. The molecule has 0 spiro atoms. The molecule has 1 heterocycles. The van der Waals surface area contributed by atoms with Gasteiger partial charge >= 0.3 is 0 Å². The third-order valence-electron chi connectivity index (χ3n) is 3.64. The number of carbonyl (C=O) groups is 1. The van der Waals surface area contributed by atoms with Crippen molar-refractivity contribution in [1.82, 2.24) is 4.90 Å². The highest BCUT2D eigenvalue weighted by molar-refractivity contribution is 6.31. The highest BCUT2D eigenvalue weighted by Gasteiger charge is 2.22. The number of halogens is 2. The summed E-state index contributed by atoms with van der Waals surface area (Å²) in [5, 5.41) is 0.702. The van der Waals surface area contributed by atoms with Crippen LogP contribution in [0.25, 0.3) is 0 Å². The molecule has 0 radical (unpaired) electrons. The Balaban J connectivity index is 0.00000180. The van der Waals surface area contributed by atoms with Crippen molar-refractivity contribution in [3.05, 3.63) is 34.3 Å². The van der Waals surface area contributed by atoms with Gasteiger partial charge in [-0.3, -0.25) is 4.79 Å². The van der Waals surface area contributed by atoms with Crippen LogP contribution in [0.15, 0.2) is 18.2 Å². The highest BCUT2D eigenvalue weighted by atomic mass is 35.5. The van der Waals surface area contributed by atoms with Gasteiger partial charge in [-0.05, 0) is 56.0 Å². The minimum absolute atomic E-state index is 0. The average molecular weight is 303 g/mol. The van der Waals surface area contributed by atoms with Gasteiger partial charge in [0.25, 0.3) is 5.91 Å². The van der Waals surface area contributed by atoms with E-state index in [1.54, 1.807) is 12.1 Å². The van der Waals surface area contributed by atoms with Crippen LogP contribution < -0.4 is 5.73 Å². The van der Waals surface area contributed by atoms with Crippen LogP contribution in [0, 0.1) is 12.8 Å². The summed E-state index contributed by atoms with van der Waals surface area (Å²) in [4.78, 5) is 14.2. The number of rotatable bonds is 2. The van der Waals surface area contributed by atoms with Crippen LogP contribution >= 0.6 is 24.0 Å². The van der Waals surface area contributed by atoms with Gasteiger partial charge in [0.2, 0.25) is 0 Å². The van der Waals surface area contributed by atoms with Crippen LogP contribution in [-0.4, -0.2) is 30.4 Å². The summed E-state index contributed by atoms with van der Waals surface area (Å²) < 4.78 is 0. The molecule has 1 amide bonds. The molecule has 0 saturated carbocycles. The van der Waals surface area contributed by atoms with E-state index >= 15 is 0 Å². The summed E-state index contributed by atoms with van der Waals surface area (Å²) >= 11 is 5.97. The topological polar surface area (TPSA) is 46.3 Å². The fourth-order valence-electron chi connectivity index (χ4n) is 2.33. The molecule has 106 valence electrons. The van der Waals surface area contributed by atoms with Gasteiger partial charge < -0.3 is 10.6 Å². The fraction of sp³-hybridized carbons (Fsp3) is 0.500. The van der Waals surface area contributed by atoms with Crippen molar-refractivity contribution >= 4 is 29.9 Å². The van der Waals surface area contributed by atoms with Crippen molar-refractivity contribution in [1.29, 1.82) is 0 Å². The molecular formula is C14H20Cl2N2O. The summed E-state index contributed by atoms with van der Waals surface area (Å²) in [6.45, 7) is 4.26. The Morgan fingerprint density at radius 3 is 2.58 bits per heavy atom. The molecule has 5 heteroatoms. The average Bonchev–Trinajstić information content (AvgIpc) is 2.41. The number of hydrogen-bond donors (Lipinski definition) is 1. The number of benzene rings is 1. The molecule has 1 aromatic carbocycles. The number of aryl methyl sites for hydroxylation is 1. The van der Waals surface area contributed by atoms with Crippen LogP contribution in [0.4, 0.5) is 0 Å². The van der Waals surface area contributed by atoms with E-state index in [2.05, 4.69) is 0 Å². The molecule has 1 aromatic rings. The summed E-state index contributed by atoms with van der Waals surface area (Å²) in [7, 11) is 0. The summed E-state index contributed by atoms with van der Waals surface area (Å²) in [5.74, 6) is 0.672. The van der Waals surface area contributed by atoms with Crippen LogP contribution in [0.1, 0.15) is 28.8 Å². The van der Waals surface area contributed by atoms with Crippen LogP contribution in [0.3, 0.4) is 0 Å². The van der Waals surface area contributed by atoms with Crippen molar-refractivity contribution in [2.75, 3.05) is 19.6 Å². The van der Waals surface area contributed by atoms with E-state index in [1.807, 2.05) is 17.9 Å². The second-order valence-corrected chi connectivity index (χ2v) is 5.34. The normalized spacial score (nSPS) is 16.1. The van der Waals surface area contributed by atoms with Crippen molar-refractivity contribution in [3.63, 3.8) is 0 Å². The third-order valence-corrected chi connectivity index (χ3v) is 4.06. The van der Waals surface area contributed by atoms with E-state index in [0.29, 0.717) is 10.9 Å². The van der Waals surface area contributed by atoms with Gasteiger partial charge in [0, 0.05) is 23.7 Å². The Bertz CT molecular complexity index is 443. The molecule has 1 aliphatic rings. The first kappa shape index (κ1) is 16.3.